The van der Waals surface area contributed by atoms with Crippen LogP contribution in [0.15, 0.2) is 21.7 Å². The van der Waals surface area contributed by atoms with Crippen molar-refractivity contribution < 1.29 is 10.2 Å². The van der Waals surface area contributed by atoms with E-state index in [4.69, 9.17) is 11.8 Å². The van der Waals surface area contributed by atoms with Crippen LogP contribution in [0, 0.1) is 31.8 Å². The van der Waals surface area contributed by atoms with Gasteiger partial charge < -0.3 is 15.5 Å². The Labute approximate surface area is 155 Å². The van der Waals surface area contributed by atoms with Crippen molar-refractivity contribution in [2.75, 3.05) is 13.1 Å². The first kappa shape index (κ1) is 19.8. The minimum absolute atomic E-state index is 0.0368. The molecule has 0 saturated heterocycles. The second-order valence-electron chi connectivity index (χ2n) is 5.98. The maximum atomic E-state index is 12.0. The van der Waals surface area contributed by atoms with Gasteiger partial charge in [0.25, 0.3) is 11.1 Å². The van der Waals surface area contributed by atoms with E-state index < -0.39 is 11.1 Å². The number of aromatic hydroxyl groups is 2. The summed E-state index contributed by atoms with van der Waals surface area (Å²) in [6.45, 7) is 11.1. The summed E-state index contributed by atoms with van der Waals surface area (Å²) in [7, 11) is 0. The molecule has 0 spiro atoms. The predicted molar refractivity (Wildman–Crippen MR) is 98.1 cm³/mol. The molecule has 3 N–H and O–H groups in total. The number of nitrogens with zero attached hydrogens (tertiary/aromatic N) is 4. The third kappa shape index (κ3) is 4.00. The van der Waals surface area contributed by atoms with E-state index in [2.05, 4.69) is 10.2 Å². The number of hydrogen-bond acceptors (Lipinski definition) is 6. The summed E-state index contributed by atoms with van der Waals surface area (Å²) in [5, 5.41) is 32.1. The molecule has 2 aromatic rings. The molecule has 0 radical (unpaired) electrons. The zero-order valence-corrected chi connectivity index (χ0v) is 15.0. The molecule has 0 aliphatic heterocycles. The minimum atomic E-state index is -0.417. The Morgan fingerprint density at radius 2 is 1.59 bits per heavy atom. The highest BCUT2D eigenvalue weighted by atomic mass is 16.3. The van der Waals surface area contributed by atoms with Gasteiger partial charge in [-0.15, -0.1) is 0 Å². The molecule has 0 atom stereocenters. The van der Waals surface area contributed by atoms with Gasteiger partial charge in [0.1, 0.15) is 11.6 Å². The third-order valence-electron chi connectivity index (χ3n) is 4.17. The molecule has 0 aliphatic carbocycles. The average molecular weight is 369 g/mol. The predicted octanol–water partition coefficient (Wildman–Crippen LogP) is 0.750. The molecule has 0 fully saturated rings. The van der Waals surface area contributed by atoms with Gasteiger partial charge in [-0.1, -0.05) is 0 Å². The van der Waals surface area contributed by atoms with Crippen LogP contribution in [0.5, 0.6) is 11.8 Å². The van der Waals surface area contributed by atoms with Crippen molar-refractivity contribution in [1.82, 2.24) is 14.5 Å². The molecule has 0 saturated carbocycles. The fourth-order valence-electron chi connectivity index (χ4n) is 2.71. The van der Waals surface area contributed by atoms with Crippen molar-refractivity contribution in [3.8, 4) is 17.8 Å². The van der Waals surface area contributed by atoms with Crippen molar-refractivity contribution in [3.63, 3.8) is 0 Å². The van der Waals surface area contributed by atoms with E-state index in [9.17, 15) is 19.8 Å². The second-order valence-corrected chi connectivity index (χ2v) is 5.98. The van der Waals surface area contributed by atoms with Gasteiger partial charge in [-0.25, -0.2) is 4.85 Å². The lowest BCUT2D eigenvalue weighted by atomic mass is 10.1. The lowest BCUT2D eigenvalue weighted by Crippen LogP contribution is -2.31. The molecule has 0 aliphatic rings. The molecule has 27 heavy (non-hydrogen) atoms. The van der Waals surface area contributed by atoms with Crippen LogP contribution in [0.25, 0.3) is 4.85 Å². The summed E-state index contributed by atoms with van der Waals surface area (Å²) in [4.78, 5) is 27.2. The number of rotatable bonds is 6. The first-order valence-electron chi connectivity index (χ1n) is 8.16. The Hall–Kier alpha value is -3.56. The van der Waals surface area contributed by atoms with E-state index in [1.807, 2.05) is 6.07 Å². The van der Waals surface area contributed by atoms with Crippen LogP contribution in [-0.4, -0.2) is 32.4 Å². The largest absolute Gasteiger partial charge is 0.503 e. The number of nitriles is 1. The van der Waals surface area contributed by atoms with Gasteiger partial charge in [-0.05, 0) is 31.0 Å². The normalized spacial score (nSPS) is 10.4. The molecule has 2 rings (SSSR count). The van der Waals surface area contributed by atoms with Gasteiger partial charge in [0.2, 0.25) is 11.6 Å². The van der Waals surface area contributed by atoms with Crippen molar-refractivity contribution in [2.45, 2.75) is 26.9 Å². The number of pyridine rings is 2. The molecule has 2 heterocycles. The monoisotopic (exact) mass is 369 g/mol. The summed E-state index contributed by atoms with van der Waals surface area (Å²) >= 11 is 0. The van der Waals surface area contributed by atoms with E-state index in [1.165, 1.54) is 12.1 Å². The summed E-state index contributed by atoms with van der Waals surface area (Å²) in [6.07, 6.45) is 0. The van der Waals surface area contributed by atoms with Crippen molar-refractivity contribution >= 4 is 5.69 Å². The number of nitrogens with one attached hydrogen (secondary N) is 1. The van der Waals surface area contributed by atoms with Crippen molar-refractivity contribution in [1.29, 1.82) is 5.26 Å². The van der Waals surface area contributed by atoms with E-state index >= 15 is 0 Å². The molecule has 0 unspecified atom stereocenters. The summed E-state index contributed by atoms with van der Waals surface area (Å²) in [5.74, 6) is -0.749. The Morgan fingerprint density at radius 3 is 2.11 bits per heavy atom. The Bertz CT molecular complexity index is 984. The standard InChI is InChI=1S/C18H19N5O4/c1-11-8-14(24)22(17(26)13(11)10-19)6-4-21-5-7-23-15(25)9-12(2)16(20-3)18(23)27/h8-9,21,26-27H,4-7H2,1-2H3. The first-order valence-corrected chi connectivity index (χ1v) is 8.16. The SMILES string of the molecule is [C-]#[N+]c1c(C)cc(=O)n(CCNCCn2c(O)c(C#N)c(C)cc2=O)c1O. The number of aryl methyl sites for hydroxylation is 2. The van der Waals surface area contributed by atoms with E-state index in [1.54, 1.807) is 13.8 Å². The maximum Gasteiger partial charge on any atom is 0.253 e. The van der Waals surface area contributed by atoms with Crippen LogP contribution in [0.1, 0.15) is 16.7 Å². The highest BCUT2D eigenvalue weighted by Crippen LogP contribution is 2.27. The van der Waals surface area contributed by atoms with E-state index in [0.29, 0.717) is 24.2 Å². The zero-order chi connectivity index (χ0) is 20.1. The van der Waals surface area contributed by atoms with Crippen LogP contribution in [0.2, 0.25) is 0 Å². The van der Waals surface area contributed by atoms with E-state index in [-0.39, 0.29) is 36.1 Å². The maximum absolute atomic E-state index is 12.0. The highest BCUT2D eigenvalue weighted by molar-refractivity contribution is 5.59. The molecule has 9 heteroatoms. The van der Waals surface area contributed by atoms with Gasteiger partial charge >= 0.3 is 0 Å². The van der Waals surface area contributed by atoms with Crippen LogP contribution in [-0.2, 0) is 13.1 Å². The quantitative estimate of drug-likeness (QED) is 0.510. The molecular formula is C18H19N5O4. The van der Waals surface area contributed by atoms with Crippen LogP contribution >= 0.6 is 0 Å². The summed E-state index contributed by atoms with van der Waals surface area (Å²) in [6, 6.07) is 4.44. The van der Waals surface area contributed by atoms with Crippen molar-refractivity contribution in [3.05, 3.63) is 60.9 Å². The minimum Gasteiger partial charge on any atom is -0.503 e. The van der Waals surface area contributed by atoms with Crippen LogP contribution in [0.3, 0.4) is 0 Å². The fourth-order valence-corrected chi connectivity index (χ4v) is 2.71. The second kappa shape index (κ2) is 8.21. The number of aromatic nitrogens is 2. The van der Waals surface area contributed by atoms with Gasteiger partial charge in [-0.2, -0.15) is 5.26 Å². The molecular weight excluding hydrogens is 350 g/mol. The van der Waals surface area contributed by atoms with Gasteiger partial charge in [0, 0.05) is 32.2 Å². The topological polar surface area (TPSA) is 125 Å². The van der Waals surface area contributed by atoms with E-state index in [0.717, 1.165) is 9.13 Å². The molecule has 0 aromatic carbocycles. The Kier molecular flexibility index (Phi) is 6.01. The van der Waals surface area contributed by atoms with Gasteiger partial charge in [0.05, 0.1) is 6.57 Å². The summed E-state index contributed by atoms with van der Waals surface area (Å²) < 4.78 is 2.18. The fraction of sp³-hybridized carbons (Fsp3) is 0.333. The van der Waals surface area contributed by atoms with Gasteiger partial charge in [0.15, 0.2) is 5.88 Å². The smallest absolute Gasteiger partial charge is 0.253 e. The van der Waals surface area contributed by atoms with Crippen molar-refractivity contribution in [2.24, 2.45) is 0 Å². The zero-order valence-electron chi connectivity index (χ0n) is 15.0. The first-order chi connectivity index (χ1) is 12.8. The lowest BCUT2D eigenvalue weighted by Gasteiger charge is -2.13. The van der Waals surface area contributed by atoms with Crippen LogP contribution in [0.4, 0.5) is 5.69 Å². The van der Waals surface area contributed by atoms with Crippen LogP contribution < -0.4 is 16.4 Å². The molecule has 0 amide bonds. The van der Waals surface area contributed by atoms with Gasteiger partial charge in [-0.3, -0.25) is 18.7 Å². The Balaban J connectivity index is 2.03. The molecule has 2 aromatic heterocycles. The average Bonchev–Trinajstić information content (AvgIpc) is 2.59. The highest BCUT2D eigenvalue weighted by Gasteiger charge is 2.13. The molecule has 140 valence electrons. The Morgan fingerprint density at radius 1 is 1.07 bits per heavy atom. The molecule has 9 nitrogen and oxygen atoms in total. The lowest BCUT2D eigenvalue weighted by molar-refractivity contribution is 0.392. The number of hydrogen-bond donors (Lipinski definition) is 3. The summed E-state index contributed by atoms with van der Waals surface area (Å²) in [5.41, 5.74) is 0.0885. The molecule has 0 bridgehead atoms. The third-order valence-corrected chi connectivity index (χ3v) is 4.17.